The maximum Gasteiger partial charge on any atom is 0.236 e. The van der Waals surface area contributed by atoms with Crippen LogP contribution in [0.25, 0.3) is 0 Å². The van der Waals surface area contributed by atoms with Gasteiger partial charge in [0.1, 0.15) is 5.76 Å². The van der Waals surface area contributed by atoms with E-state index < -0.39 is 0 Å². The van der Waals surface area contributed by atoms with Gasteiger partial charge in [0.2, 0.25) is 5.91 Å². The zero-order valence-electron chi connectivity index (χ0n) is 14.3. The van der Waals surface area contributed by atoms with E-state index in [1.54, 1.807) is 23.6 Å². The van der Waals surface area contributed by atoms with Crippen molar-refractivity contribution in [2.45, 2.75) is 30.2 Å². The van der Waals surface area contributed by atoms with E-state index in [9.17, 15) is 4.79 Å². The van der Waals surface area contributed by atoms with Gasteiger partial charge in [-0.25, -0.2) is 0 Å². The van der Waals surface area contributed by atoms with Gasteiger partial charge in [0, 0.05) is 28.9 Å². The minimum atomic E-state index is -0.234. The molecule has 0 unspecified atom stereocenters. The van der Waals surface area contributed by atoms with E-state index in [1.165, 1.54) is 11.8 Å². The molecule has 26 heavy (non-hydrogen) atoms. The van der Waals surface area contributed by atoms with Crippen LogP contribution in [0.5, 0.6) is 0 Å². The summed E-state index contributed by atoms with van der Waals surface area (Å²) in [5.41, 5.74) is 0.982. The topological polar surface area (TPSA) is 46.3 Å². The van der Waals surface area contributed by atoms with Crippen LogP contribution in [0.1, 0.15) is 18.2 Å². The fourth-order valence-corrected chi connectivity index (χ4v) is 3.62. The van der Waals surface area contributed by atoms with Crippen LogP contribution in [0.3, 0.4) is 0 Å². The second-order valence-corrected chi connectivity index (χ2v) is 7.70. The highest BCUT2D eigenvalue weighted by atomic mass is 35.5. The van der Waals surface area contributed by atoms with E-state index in [0.29, 0.717) is 18.1 Å². The Balaban J connectivity index is 1.73. The number of carbonyl (C=O) groups is 1. The van der Waals surface area contributed by atoms with Crippen molar-refractivity contribution in [2.24, 2.45) is 0 Å². The molecule has 0 aliphatic carbocycles. The first-order valence-corrected chi connectivity index (χ1v) is 9.50. The number of benzene rings is 1. The Labute approximate surface area is 162 Å². The molecule has 1 amide bonds. The summed E-state index contributed by atoms with van der Waals surface area (Å²) >= 11 is 7.45. The standard InChI is InChI=1S/C20H19ClN2O2S/c1-15(26-19-8-6-17(21)7-9-19)20(24)23(14-18-5-3-11-25-18)13-16-4-2-10-22-12-16/h2-12,15H,13-14H2,1H3/t15-/m0/s1. The van der Waals surface area contributed by atoms with E-state index in [0.717, 1.165) is 16.2 Å². The van der Waals surface area contributed by atoms with Gasteiger partial charge >= 0.3 is 0 Å². The van der Waals surface area contributed by atoms with Crippen LogP contribution in [0, 0.1) is 0 Å². The van der Waals surface area contributed by atoms with Gasteiger partial charge in [-0.3, -0.25) is 9.78 Å². The fraction of sp³-hybridized carbons (Fsp3) is 0.200. The van der Waals surface area contributed by atoms with Crippen molar-refractivity contribution in [3.05, 3.63) is 83.5 Å². The number of nitrogens with zero attached hydrogens (tertiary/aromatic N) is 2. The summed E-state index contributed by atoms with van der Waals surface area (Å²) in [6.45, 7) is 2.82. The van der Waals surface area contributed by atoms with Gasteiger partial charge in [0.05, 0.1) is 18.1 Å². The summed E-state index contributed by atoms with van der Waals surface area (Å²) in [7, 11) is 0. The highest BCUT2D eigenvalue weighted by molar-refractivity contribution is 8.00. The summed E-state index contributed by atoms with van der Waals surface area (Å²) in [5, 5.41) is 0.451. The first-order chi connectivity index (χ1) is 12.6. The van der Waals surface area contributed by atoms with Crippen LogP contribution in [0.2, 0.25) is 5.02 Å². The summed E-state index contributed by atoms with van der Waals surface area (Å²) in [5.74, 6) is 0.802. The maximum absolute atomic E-state index is 13.1. The molecule has 0 saturated heterocycles. The van der Waals surface area contributed by atoms with Gasteiger partial charge in [-0.1, -0.05) is 17.7 Å². The lowest BCUT2D eigenvalue weighted by Gasteiger charge is -2.25. The van der Waals surface area contributed by atoms with E-state index in [4.69, 9.17) is 16.0 Å². The maximum atomic E-state index is 13.1. The third-order valence-corrected chi connectivity index (χ3v) is 5.16. The Bertz CT molecular complexity index is 823. The molecule has 0 saturated carbocycles. The van der Waals surface area contributed by atoms with Gasteiger partial charge in [-0.05, 0) is 55.0 Å². The monoisotopic (exact) mass is 386 g/mol. The number of aromatic nitrogens is 1. The fourth-order valence-electron chi connectivity index (χ4n) is 2.54. The number of pyridine rings is 1. The minimum Gasteiger partial charge on any atom is -0.467 e. The van der Waals surface area contributed by atoms with E-state index in [1.807, 2.05) is 55.5 Å². The molecule has 0 bridgehead atoms. The zero-order chi connectivity index (χ0) is 18.4. The Morgan fingerprint density at radius 3 is 2.65 bits per heavy atom. The summed E-state index contributed by atoms with van der Waals surface area (Å²) in [6.07, 6.45) is 5.12. The van der Waals surface area contributed by atoms with E-state index in [2.05, 4.69) is 4.98 Å². The third-order valence-electron chi connectivity index (χ3n) is 3.81. The molecule has 134 valence electrons. The van der Waals surface area contributed by atoms with Gasteiger partial charge in [0.15, 0.2) is 0 Å². The quantitative estimate of drug-likeness (QED) is 0.534. The van der Waals surface area contributed by atoms with Crippen molar-refractivity contribution in [3.8, 4) is 0 Å². The SMILES string of the molecule is C[C@H](Sc1ccc(Cl)cc1)C(=O)N(Cc1cccnc1)Cc1ccco1. The molecule has 2 aromatic heterocycles. The number of hydrogen-bond acceptors (Lipinski definition) is 4. The summed E-state index contributed by atoms with van der Waals surface area (Å²) in [4.78, 5) is 20.0. The number of hydrogen-bond donors (Lipinski definition) is 0. The zero-order valence-corrected chi connectivity index (χ0v) is 15.9. The molecule has 3 rings (SSSR count). The molecule has 0 N–H and O–H groups in total. The highest BCUT2D eigenvalue weighted by Crippen LogP contribution is 2.26. The molecule has 4 nitrogen and oxygen atoms in total. The second kappa shape index (κ2) is 8.92. The number of halogens is 1. The average molecular weight is 387 g/mol. The molecule has 0 radical (unpaired) electrons. The van der Waals surface area contributed by atoms with Crippen LogP contribution in [-0.2, 0) is 17.9 Å². The van der Waals surface area contributed by atoms with Crippen molar-refractivity contribution < 1.29 is 9.21 Å². The van der Waals surface area contributed by atoms with Crippen LogP contribution in [-0.4, -0.2) is 21.0 Å². The van der Waals surface area contributed by atoms with Gasteiger partial charge < -0.3 is 9.32 Å². The second-order valence-electron chi connectivity index (χ2n) is 5.85. The van der Waals surface area contributed by atoms with Gasteiger partial charge in [-0.2, -0.15) is 0 Å². The number of carbonyl (C=O) groups excluding carboxylic acids is 1. The normalized spacial score (nSPS) is 11.9. The van der Waals surface area contributed by atoms with Crippen molar-refractivity contribution in [2.75, 3.05) is 0 Å². The predicted octanol–water partition coefficient (Wildman–Crippen LogP) is 5.04. The van der Waals surface area contributed by atoms with Crippen LogP contribution < -0.4 is 0 Å². The minimum absolute atomic E-state index is 0.0465. The van der Waals surface area contributed by atoms with Crippen molar-refractivity contribution in [1.29, 1.82) is 0 Å². The molecule has 1 aromatic carbocycles. The van der Waals surface area contributed by atoms with Crippen molar-refractivity contribution in [1.82, 2.24) is 9.88 Å². The molecular weight excluding hydrogens is 368 g/mol. The number of amides is 1. The van der Waals surface area contributed by atoms with Crippen molar-refractivity contribution in [3.63, 3.8) is 0 Å². The van der Waals surface area contributed by atoms with Crippen LogP contribution >= 0.6 is 23.4 Å². The van der Waals surface area contributed by atoms with Crippen LogP contribution in [0.15, 0.2) is 76.5 Å². The third kappa shape index (κ3) is 5.13. The smallest absolute Gasteiger partial charge is 0.236 e. The summed E-state index contributed by atoms with van der Waals surface area (Å²) < 4.78 is 5.43. The lowest BCUT2D eigenvalue weighted by atomic mass is 10.2. The van der Waals surface area contributed by atoms with Gasteiger partial charge in [0.25, 0.3) is 0 Å². The predicted molar refractivity (Wildman–Crippen MR) is 104 cm³/mol. The first-order valence-electron chi connectivity index (χ1n) is 8.24. The van der Waals surface area contributed by atoms with E-state index in [-0.39, 0.29) is 11.2 Å². The van der Waals surface area contributed by atoms with E-state index >= 15 is 0 Å². The Morgan fingerprint density at radius 1 is 1.19 bits per heavy atom. The Hall–Kier alpha value is -2.24. The molecular formula is C20H19ClN2O2S. The molecule has 3 aromatic rings. The lowest BCUT2D eigenvalue weighted by Crippen LogP contribution is -2.35. The molecule has 0 aliphatic heterocycles. The molecule has 2 heterocycles. The molecule has 1 atom stereocenters. The average Bonchev–Trinajstić information content (AvgIpc) is 3.16. The van der Waals surface area contributed by atoms with Gasteiger partial charge in [-0.15, -0.1) is 11.8 Å². The molecule has 0 spiro atoms. The number of thioether (sulfide) groups is 1. The van der Waals surface area contributed by atoms with Crippen LogP contribution in [0.4, 0.5) is 0 Å². The lowest BCUT2D eigenvalue weighted by molar-refractivity contribution is -0.131. The molecule has 0 aliphatic rings. The number of rotatable bonds is 7. The Morgan fingerprint density at radius 2 is 2.00 bits per heavy atom. The van der Waals surface area contributed by atoms with Crippen molar-refractivity contribution >= 4 is 29.3 Å². The molecule has 6 heteroatoms. The first kappa shape index (κ1) is 18.5. The summed E-state index contributed by atoms with van der Waals surface area (Å²) in [6, 6.07) is 15.1. The Kier molecular flexibility index (Phi) is 6.36. The largest absolute Gasteiger partial charge is 0.467 e. The highest BCUT2D eigenvalue weighted by Gasteiger charge is 2.23. The number of furan rings is 1. The molecule has 0 fully saturated rings.